The van der Waals surface area contributed by atoms with Gasteiger partial charge in [0, 0.05) is 19.0 Å². The van der Waals surface area contributed by atoms with E-state index < -0.39 is 11.5 Å². The second kappa shape index (κ2) is 6.78. The summed E-state index contributed by atoms with van der Waals surface area (Å²) in [6.07, 6.45) is 9.36. The highest BCUT2D eigenvalue weighted by molar-refractivity contribution is 6.03. The number of piperidine rings is 1. The van der Waals surface area contributed by atoms with Gasteiger partial charge < -0.3 is 15.4 Å². The van der Waals surface area contributed by atoms with Crippen LogP contribution in [0.1, 0.15) is 51.9 Å². The molecule has 2 saturated heterocycles. The van der Waals surface area contributed by atoms with Crippen molar-refractivity contribution in [2.45, 2.75) is 70.1 Å². The number of imide groups is 1. The normalized spacial score (nSPS) is 36.7. The van der Waals surface area contributed by atoms with E-state index in [1.54, 1.807) is 4.90 Å². The number of nitrogens with zero attached hydrogens (tertiary/aromatic N) is 1. The average molecular weight is 373 g/mol. The van der Waals surface area contributed by atoms with Gasteiger partial charge in [-0.3, -0.25) is 19.7 Å². The fourth-order valence-electron chi connectivity index (χ4n) is 4.60. The number of likely N-dealkylation sites (tertiary alicyclic amines) is 1. The number of amides is 3. The molecule has 0 aromatic carbocycles. The topological polar surface area (TPSA) is 102 Å². The van der Waals surface area contributed by atoms with Gasteiger partial charge in [0.05, 0.1) is 5.41 Å². The largest absolute Gasteiger partial charge is 0.489 e. The number of rotatable bonds is 3. The van der Waals surface area contributed by atoms with Crippen LogP contribution in [0.3, 0.4) is 0 Å². The van der Waals surface area contributed by atoms with Crippen LogP contribution < -0.4 is 11.1 Å². The Kier molecular flexibility index (Phi) is 4.58. The molecule has 2 aliphatic heterocycles. The maximum Gasteiger partial charge on any atom is 0.249 e. The SMILES string of the molecule is CC12CC=C(O[C@H]3CCCC[C@@H]3N)C=C1CN(C1CCC(=O)NC1=O)C2=O. The summed E-state index contributed by atoms with van der Waals surface area (Å²) >= 11 is 0. The minimum atomic E-state index is -0.636. The highest BCUT2D eigenvalue weighted by Crippen LogP contribution is 2.45. The van der Waals surface area contributed by atoms with Gasteiger partial charge in [0.25, 0.3) is 0 Å². The molecule has 0 aromatic rings. The Balaban J connectivity index is 1.50. The van der Waals surface area contributed by atoms with Crippen LogP contribution in [0.5, 0.6) is 0 Å². The Labute approximate surface area is 159 Å². The molecule has 4 atom stereocenters. The lowest BCUT2D eigenvalue weighted by atomic mass is 9.78. The number of hydrogen-bond acceptors (Lipinski definition) is 5. The van der Waals surface area contributed by atoms with E-state index in [1.165, 1.54) is 0 Å². The number of fused-ring (bicyclic) bond motifs is 1. The highest BCUT2D eigenvalue weighted by Gasteiger charge is 2.51. The fraction of sp³-hybridized carbons (Fsp3) is 0.650. The quantitative estimate of drug-likeness (QED) is 0.723. The number of carbonyl (C=O) groups excluding carboxylic acids is 3. The third-order valence-corrected chi connectivity index (χ3v) is 6.44. The number of ether oxygens (including phenoxy) is 1. The van der Waals surface area contributed by atoms with E-state index in [1.807, 2.05) is 19.1 Å². The van der Waals surface area contributed by atoms with Gasteiger partial charge >= 0.3 is 0 Å². The fourth-order valence-corrected chi connectivity index (χ4v) is 4.60. The summed E-state index contributed by atoms with van der Waals surface area (Å²) in [6, 6.07) is -0.522. The zero-order valence-corrected chi connectivity index (χ0v) is 15.7. The standard InChI is InChI=1S/C20H27N3O4/c1-20-9-8-13(27-16-5-3-2-4-14(16)21)10-12(20)11-23(19(20)26)15-6-7-17(24)22-18(15)25/h8,10,14-16H,2-7,9,11,21H2,1H3,(H,22,24,25)/t14-,15?,16-,20?/m0/s1. The van der Waals surface area contributed by atoms with E-state index in [2.05, 4.69) is 5.32 Å². The smallest absolute Gasteiger partial charge is 0.249 e. The predicted octanol–water partition coefficient (Wildman–Crippen LogP) is 1.14. The Hall–Kier alpha value is -2.15. The van der Waals surface area contributed by atoms with E-state index in [0.717, 1.165) is 37.0 Å². The van der Waals surface area contributed by atoms with E-state index in [9.17, 15) is 14.4 Å². The van der Waals surface area contributed by atoms with Crippen LogP contribution in [-0.4, -0.2) is 47.4 Å². The summed E-state index contributed by atoms with van der Waals surface area (Å²) in [5, 5.41) is 2.35. The molecule has 2 aliphatic carbocycles. The minimum Gasteiger partial charge on any atom is -0.489 e. The molecule has 1 saturated carbocycles. The Bertz CT molecular complexity index is 744. The number of carbonyl (C=O) groups is 3. The van der Waals surface area contributed by atoms with E-state index >= 15 is 0 Å². The van der Waals surface area contributed by atoms with Crippen molar-refractivity contribution < 1.29 is 19.1 Å². The van der Waals surface area contributed by atoms with Gasteiger partial charge in [0.1, 0.15) is 17.9 Å². The Morgan fingerprint density at radius 2 is 2.00 bits per heavy atom. The molecule has 2 heterocycles. The number of allylic oxidation sites excluding steroid dienone is 2. The zero-order valence-electron chi connectivity index (χ0n) is 15.7. The van der Waals surface area contributed by atoms with Crippen molar-refractivity contribution in [1.29, 1.82) is 0 Å². The zero-order chi connectivity index (χ0) is 19.2. The summed E-state index contributed by atoms with van der Waals surface area (Å²) in [5.41, 5.74) is 6.53. The predicted molar refractivity (Wildman–Crippen MR) is 98.1 cm³/mol. The molecule has 27 heavy (non-hydrogen) atoms. The first kappa shape index (κ1) is 18.2. The second-order valence-corrected chi connectivity index (χ2v) is 8.32. The maximum absolute atomic E-state index is 13.1. The van der Waals surface area contributed by atoms with E-state index in [0.29, 0.717) is 19.4 Å². The molecule has 2 unspecified atom stereocenters. The van der Waals surface area contributed by atoms with Gasteiger partial charge in [0.15, 0.2) is 0 Å². The lowest BCUT2D eigenvalue weighted by molar-refractivity contribution is -0.146. The molecular formula is C20H27N3O4. The Morgan fingerprint density at radius 1 is 1.22 bits per heavy atom. The monoisotopic (exact) mass is 373 g/mol. The van der Waals surface area contributed by atoms with Gasteiger partial charge in [-0.15, -0.1) is 0 Å². The molecule has 0 bridgehead atoms. The number of nitrogens with two attached hydrogens (primary N) is 1. The molecule has 0 spiro atoms. The molecule has 146 valence electrons. The lowest BCUT2D eigenvalue weighted by Crippen LogP contribution is -2.53. The van der Waals surface area contributed by atoms with Crippen LogP contribution in [0.2, 0.25) is 0 Å². The first-order valence-corrected chi connectivity index (χ1v) is 9.87. The van der Waals surface area contributed by atoms with Crippen molar-refractivity contribution >= 4 is 17.7 Å². The van der Waals surface area contributed by atoms with Crippen LogP contribution in [0.15, 0.2) is 23.5 Å². The molecule has 3 amide bonds. The minimum absolute atomic E-state index is 0.0227. The molecular weight excluding hydrogens is 346 g/mol. The van der Waals surface area contributed by atoms with Crippen molar-refractivity contribution in [2.24, 2.45) is 11.1 Å². The maximum atomic E-state index is 13.1. The summed E-state index contributed by atoms with van der Waals surface area (Å²) in [5.74, 6) is 0.0858. The Morgan fingerprint density at radius 3 is 2.74 bits per heavy atom. The molecule has 4 aliphatic rings. The molecule has 7 nitrogen and oxygen atoms in total. The summed E-state index contributed by atoms with van der Waals surface area (Å²) in [4.78, 5) is 38.3. The second-order valence-electron chi connectivity index (χ2n) is 8.32. The van der Waals surface area contributed by atoms with Crippen molar-refractivity contribution in [1.82, 2.24) is 10.2 Å². The molecule has 3 N–H and O–H groups in total. The molecule has 0 aromatic heterocycles. The van der Waals surface area contributed by atoms with Crippen LogP contribution in [0.4, 0.5) is 0 Å². The lowest BCUT2D eigenvalue weighted by Gasteiger charge is -2.32. The van der Waals surface area contributed by atoms with Crippen molar-refractivity contribution in [2.75, 3.05) is 6.54 Å². The molecule has 3 fully saturated rings. The van der Waals surface area contributed by atoms with Crippen molar-refractivity contribution in [3.8, 4) is 0 Å². The summed E-state index contributed by atoms with van der Waals surface area (Å²) in [6.45, 7) is 2.33. The van der Waals surface area contributed by atoms with Crippen LogP contribution in [0.25, 0.3) is 0 Å². The first-order chi connectivity index (χ1) is 12.9. The van der Waals surface area contributed by atoms with Gasteiger partial charge in [-0.05, 0) is 56.8 Å². The van der Waals surface area contributed by atoms with Gasteiger partial charge in [-0.2, -0.15) is 0 Å². The number of hydrogen-bond donors (Lipinski definition) is 2. The van der Waals surface area contributed by atoms with Crippen molar-refractivity contribution in [3.05, 3.63) is 23.5 Å². The third kappa shape index (κ3) is 3.18. The van der Waals surface area contributed by atoms with Crippen LogP contribution >= 0.6 is 0 Å². The van der Waals surface area contributed by atoms with Crippen LogP contribution in [0, 0.1) is 5.41 Å². The van der Waals surface area contributed by atoms with E-state index in [4.69, 9.17) is 10.5 Å². The van der Waals surface area contributed by atoms with E-state index in [-0.39, 0.29) is 36.3 Å². The summed E-state index contributed by atoms with van der Waals surface area (Å²) in [7, 11) is 0. The van der Waals surface area contributed by atoms with Gasteiger partial charge in [-0.25, -0.2) is 0 Å². The van der Waals surface area contributed by atoms with Gasteiger partial charge in [-0.1, -0.05) is 6.42 Å². The number of nitrogens with one attached hydrogen (secondary N) is 1. The van der Waals surface area contributed by atoms with Crippen LogP contribution in [-0.2, 0) is 19.1 Å². The third-order valence-electron chi connectivity index (χ3n) is 6.44. The van der Waals surface area contributed by atoms with Crippen molar-refractivity contribution in [3.63, 3.8) is 0 Å². The molecule has 7 heteroatoms. The summed E-state index contributed by atoms with van der Waals surface area (Å²) < 4.78 is 6.15. The highest BCUT2D eigenvalue weighted by atomic mass is 16.5. The average Bonchev–Trinajstić information content (AvgIpc) is 2.89. The van der Waals surface area contributed by atoms with Gasteiger partial charge in [0.2, 0.25) is 17.7 Å². The molecule has 0 radical (unpaired) electrons. The first-order valence-electron chi connectivity index (χ1n) is 9.87. The molecule has 4 rings (SSSR count).